The van der Waals surface area contributed by atoms with Crippen molar-refractivity contribution in [3.05, 3.63) is 88.0 Å². The molecule has 1 fully saturated rings. The van der Waals surface area contributed by atoms with Crippen molar-refractivity contribution in [1.29, 1.82) is 0 Å². The van der Waals surface area contributed by atoms with Gasteiger partial charge in [0, 0.05) is 37.3 Å². The number of nitrogens with two attached hydrogens (primary N) is 1. The van der Waals surface area contributed by atoms with Crippen LogP contribution < -0.4 is 21.1 Å². The summed E-state index contributed by atoms with van der Waals surface area (Å²) in [6.07, 6.45) is 0.440. The number of non-ortho nitro benzene ring substituents is 1. The predicted molar refractivity (Wildman–Crippen MR) is 231 cm³/mol. The van der Waals surface area contributed by atoms with Crippen molar-refractivity contribution in [3.8, 4) is 5.75 Å². The number of esters is 1. The molecule has 2 aromatic carbocycles. The summed E-state index contributed by atoms with van der Waals surface area (Å²) in [7, 11) is 2.54. The van der Waals surface area contributed by atoms with Gasteiger partial charge >= 0.3 is 12.1 Å². The second-order valence-electron chi connectivity index (χ2n) is 16.8. The Bertz CT molecular complexity index is 2110. The number of H-pyrrole nitrogens is 1. The van der Waals surface area contributed by atoms with E-state index in [-0.39, 0.29) is 42.8 Å². The number of nitrogens with zero attached hydrogens (tertiary/aromatic N) is 4. The number of nitrogens with one attached hydrogen (secondary N) is 3. The third-order valence-corrected chi connectivity index (χ3v) is 11.2. The number of ether oxygens (including phenoxy) is 3. The Morgan fingerprint density at radius 2 is 1.69 bits per heavy atom. The summed E-state index contributed by atoms with van der Waals surface area (Å²) in [6, 6.07) is 6.61. The average molecular weight is 893 g/mol. The van der Waals surface area contributed by atoms with Gasteiger partial charge in [-0.15, -0.1) is 0 Å². The Morgan fingerprint density at radius 1 is 1.03 bits per heavy atom. The quantitative estimate of drug-likeness (QED) is 0.0658. The van der Waals surface area contributed by atoms with Gasteiger partial charge in [0.25, 0.3) is 11.6 Å². The van der Waals surface area contributed by atoms with Gasteiger partial charge in [0.05, 0.1) is 43.7 Å². The number of aliphatic hydroxyl groups excluding tert-OH is 1. The number of aromatic nitrogens is 2. The smallest absolute Gasteiger partial charge is 0.410 e. The molecule has 2 heterocycles. The second-order valence-corrected chi connectivity index (χ2v) is 16.8. The standard InChI is InChI=1S/C44H60N8O12/c1-9-26(2)44(41(58)63-8,29-14-18-32(62-7)19-15-29)51(37(54)23-36(53)33(45)21-28-12-16-31(17-13-28)52(60)61)40(57)34(22-30-24-46-25-47-30)49-38(55)27(3)48-39(56)35-11-10-20-50(35)42(59)64-43(4,5)6/h12-19,24-27,33-36,53H,9-11,20-23,45H2,1-8H3,(H,46,47)(H,48,56)(H,49,55)/t26?,27?,33-,34-,35-,36?,44+/m0/s1. The zero-order valence-electron chi connectivity index (χ0n) is 37.5. The Morgan fingerprint density at radius 3 is 2.23 bits per heavy atom. The number of rotatable bonds is 19. The molecule has 1 aliphatic rings. The lowest BCUT2D eigenvalue weighted by atomic mass is 9.75. The van der Waals surface area contributed by atoms with Crippen molar-refractivity contribution in [2.24, 2.45) is 11.7 Å². The topological polar surface area (TPSA) is 279 Å². The number of likely N-dealkylation sites (tertiary alicyclic amines) is 1. The molecule has 3 unspecified atom stereocenters. The van der Waals surface area contributed by atoms with Crippen molar-refractivity contribution >= 4 is 41.4 Å². The van der Waals surface area contributed by atoms with Crippen molar-refractivity contribution in [2.45, 2.75) is 121 Å². The van der Waals surface area contributed by atoms with Gasteiger partial charge < -0.3 is 40.7 Å². The van der Waals surface area contributed by atoms with Crippen LogP contribution in [0, 0.1) is 16.0 Å². The fraction of sp³-hybridized carbons (Fsp3) is 0.523. The van der Waals surface area contributed by atoms with Gasteiger partial charge in [0.1, 0.15) is 29.5 Å². The van der Waals surface area contributed by atoms with Crippen LogP contribution in [-0.2, 0) is 51.8 Å². The second kappa shape index (κ2) is 21.8. The highest BCUT2D eigenvalue weighted by Crippen LogP contribution is 2.41. The molecule has 0 saturated carbocycles. The highest BCUT2D eigenvalue weighted by Gasteiger charge is 2.56. The van der Waals surface area contributed by atoms with E-state index in [1.165, 1.54) is 67.9 Å². The number of hydrogen-bond acceptors (Lipinski definition) is 14. The van der Waals surface area contributed by atoms with Crippen LogP contribution in [0.5, 0.6) is 5.75 Å². The third-order valence-electron chi connectivity index (χ3n) is 11.2. The molecule has 6 N–H and O–H groups in total. The van der Waals surface area contributed by atoms with Gasteiger partial charge in [-0.1, -0.05) is 44.5 Å². The van der Waals surface area contributed by atoms with Crippen LogP contribution in [0.25, 0.3) is 0 Å². The van der Waals surface area contributed by atoms with Crippen LogP contribution in [0.15, 0.2) is 61.1 Å². The number of carbonyl (C=O) groups is 6. The number of amides is 5. The average Bonchev–Trinajstić information content (AvgIpc) is 3.97. The number of imidazole rings is 1. The van der Waals surface area contributed by atoms with Crippen molar-refractivity contribution in [3.63, 3.8) is 0 Å². The maximum absolute atomic E-state index is 15.5. The molecule has 7 atom stereocenters. The molecular weight excluding hydrogens is 833 g/mol. The van der Waals surface area contributed by atoms with E-state index >= 15 is 4.79 Å². The highest BCUT2D eigenvalue weighted by atomic mass is 16.6. The molecule has 64 heavy (non-hydrogen) atoms. The molecule has 20 nitrogen and oxygen atoms in total. The molecule has 3 aromatic rings. The molecular formula is C44H60N8O12. The third kappa shape index (κ3) is 12.0. The van der Waals surface area contributed by atoms with Crippen LogP contribution in [0.1, 0.15) is 84.0 Å². The zero-order valence-corrected chi connectivity index (χ0v) is 37.5. The summed E-state index contributed by atoms with van der Waals surface area (Å²) in [5.41, 5.74) is 4.17. The SMILES string of the molecule is CCC(C)[C@](C(=O)OC)(c1ccc(OC)cc1)N(C(=O)CC(O)[C@@H](N)Cc1ccc([N+](=O)[O-])cc1)C(=O)[C@H](Cc1c[nH]cn1)NC(=O)C(C)NC(=O)[C@@H]1CCCN1C(=O)OC(C)(C)C. The molecule has 20 heteroatoms. The number of carbonyl (C=O) groups excluding carboxylic acids is 6. The maximum Gasteiger partial charge on any atom is 0.410 e. The monoisotopic (exact) mass is 892 g/mol. The summed E-state index contributed by atoms with van der Waals surface area (Å²) in [6.45, 7) is 10.2. The predicted octanol–water partition coefficient (Wildman–Crippen LogP) is 3.05. The van der Waals surface area contributed by atoms with Crippen LogP contribution in [-0.4, -0.2) is 122 Å². The van der Waals surface area contributed by atoms with E-state index in [4.69, 9.17) is 19.9 Å². The summed E-state index contributed by atoms with van der Waals surface area (Å²) in [4.78, 5) is 105. The largest absolute Gasteiger partial charge is 0.497 e. The maximum atomic E-state index is 15.5. The molecule has 5 amide bonds. The summed E-state index contributed by atoms with van der Waals surface area (Å²) < 4.78 is 16.2. The first-order chi connectivity index (χ1) is 30.2. The molecule has 0 bridgehead atoms. The summed E-state index contributed by atoms with van der Waals surface area (Å²) >= 11 is 0. The van der Waals surface area contributed by atoms with Crippen molar-refractivity contribution in [2.75, 3.05) is 20.8 Å². The Kier molecular flexibility index (Phi) is 17.1. The minimum Gasteiger partial charge on any atom is -0.497 e. The number of methoxy groups -OCH3 is 2. The molecule has 1 aliphatic heterocycles. The highest BCUT2D eigenvalue weighted by molar-refractivity contribution is 6.05. The van der Waals surface area contributed by atoms with E-state index in [0.717, 1.165) is 7.11 Å². The van der Waals surface area contributed by atoms with Crippen molar-refractivity contribution < 1.29 is 53.0 Å². The molecule has 348 valence electrons. The molecule has 1 saturated heterocycles. The van der Waals surface area contributed by atoms with Gasteiger partial charge in [-0.2, -0.15) is 0 Å². The first-order valence-electron chi connectivity index (χ1n) is 21.0. The van der Waals surface area contributed by atoms with E-state index in [0.29, 0.717) is 29.1 Å². The molecule has 0 aliphatic carbocycles. The Balaban J connectivity index is 1.76. The van der Waals surface area contributed by atoms with E-state index in [1.54, 1.807) is 46.8 Å². The van der Waals surface area contributed by atoms with Gasteiger partial charge in [-0.25, -0.2) is 14.6 Å². The van der Waals surface area contributed by atoms with Gasteiger partial charge in [0.2, 0.25) is 17.7 Å². The lowest BCUT2D eigenvalue weighted by Crippen LogP contribution is -2.65. The van der Waals surface area contributed by atoms with Crippen LogP contribution in [0.3, 0.4) is 0 Å². The number of aromatic amines is 1. The molecule has 4 rings (SSSR count). The Hall–Kier alpha value is -6.41. The van der Waals surface area contributed by atoms with Crippen molar-refractivity contribution in [1.82, 2.24) is 30.4 Å². The first kappa shape index (κ1) is 50.2. The number of nitro groups is 1. The molecule has 0 radical (unpaired) electrons. The number of aliphatic hydroxyl groups is 1. The number of hydrogen-bond donors (Lipinski definition) is 5. The van der Waals surface area contributed by atoms with Crippen LogP contribution in [0.2, 0.25) is 0 Å². The minimum absolute atomic E-state index is 0.0236. The van der Waals surface area contributed by atoms with Gasteiger partial charge in [-0.3, -0.25) is 39.1 Å². The fourth-order valence-electron chi connectivity index (χ4n) is 7.64. The first-order valence-corrected chi connectivity index (χ1v) is 21.0. The van der Waals surface area contributed by atoms with Crippen LogP contribution in [0.4, 0.5) is 10.5 Å². The van der Waals surface area contributed by atoms with Gasteiger partial charge in [0.15, 0.2) is 5.54 Å². The molecule has 1 aromatic heterocycles. The van der Waals surface area contributed by atoms with E-state index in [2.05, 4.69) is 20.6 Å². The van der Waals surface area contributed by atoms with E-state index in [9.17, 15) is 39.2 Å². The molecule has 0 spiro atoms. The van der Waals surface area contributed by atoms with E-state index < -0.39 is 94.4 Å². The summed E-state index contributed by atoms with van der Waals surface area (Å²) in [5, 5.41) is 28.0. The minimum atomic E-state index is -2.21. The normalized spacial score (nSPS) is 17.1. The zero-order chi connectivity index (χ0) is 47.5. The van der Waals surface area contributed by atoms with Crippen LogP contribution >= 0.6 is 0 Å². The fourth-order valence-corrected chi connectivity index (χ4v) is 7.64. The lowest BCUT2D eigenvalue weighted by Gasteiger charge is -2.45. The summed E-state index contributed by atoms with van der Waals surface area (Å²) in [5.74, 6) is -5.07. The number of benzene rings is 2. The van der Waals surface area contributed by atoms with Gasteiger partial charge in [-0.05, 0) is 76.1 Å². The number of imide groups is 1. The van der Waals surface area contributed by atoms with E-state index in [1.807, 2.05) is 0 Å². The number of nitro benzene ring substituents is 1. The lowest BCUT2D eigenvalue weighted by molar-refractivity contribution is -0.384. The Labute approximate surface area is 371 Å².